The van der Waals surface area contributed by atoms with E-state index in [9.17, 15) is 0 Å². The summed E-state index contributed by atoms with van der Waals surface area (Å²) in [6.07, 6.45) is 0. The zero-order chi connectivity index (χ0) is 22.0. The lowest BCUT2D eigenvalue weighted by Gasteiger charge is -2.50. The van der Waals surface area contributed by atoms with Gasteiger partial charge in [-0.15, -0.1) is 0 Å². The molecule has 4 atom stereocenters. The molecule has 0 bridgehead atoms. The van der Waals surface area contributed by atoms with E-state index in [0.717, 1.165) is 22.6 Å². The van der Waals surface area contributed by atoms with Crippen LogP contribution in [0.4, 0.5) is 0 Å². The van der Waals surface area contributed by atoms with E-state index in [0.29, 0.717) is 34.8 Å². The zero-order valence-corrected chi connectivity index (χ0v) is 19.1. The molecule has 6 heteroatoms. The van der Waals surface area contributed by atoms with Crippen LogP contribution in [-0.4, -0.2) is 42.7 Å². The highest BCUT2D eigenvalue weighted by molar-refractivity contribution is 5.57. The lowest BCUT2D eigenvalue weighted by atomic mass is 9.53. The lowest BCUT2D eigenvalue weighted by Crippen LogP contribution is -2.40. The van der Waals surface area contributed by atoms with Gasteiger partial charge < -0.3 is 28.4 Å². The minimum atomic E-state index is 0.224. The number of hydrogen-bond donors (Lipinski definition) is 0. The maximum Gasteiger partial charge on any atom is 0.164 e. The molecule has 0 radical (unpaired) electrons. The number of rotatable bonds is 8. The van der Waals surface area contributed by atoms with Gasteiger partial charge in [-0.1, -0.05) is 13.8 Å². The van der Waals surface area contributed by atoms with Crippen molar-refractivity contribution in [2.24, 2.45) is 11.8 Å². The summed E-state index contributed by atoms with van der Waals surface area (Å²) in [5.41, 5.74) is 2.20. The monoisotopic (exact) mass is 416 g/mol. The minimum Gasteiger partial charge on any atom is -0.496 e. The van der Waals surface area contributed by atoms with Crippen molar-refractivity contribution in [3.05, 3.63) is 35.4 Å². The average molecular weight is 417 g/mol. The molecular weight excluding hydrogens is 384 g/mol. The first-order chi connectivity index (χ1) is 14.4. The highest BCUT2D eigenvalue weighted by atomic mass is 16.5. The van der Waals surface area contributed by atoms with Crippen LogP contribution in [0.25, 0.3) is 0 Å². The van der Waals surface area contributed by atoms with Crippen LogP contribution in [0.1, 0.15) is 36.8 Å². The number of ether oxygens (including phenoxy) is 6. The molecule has 0 N–H and O–H groups in total. The van der Waals surface area contributed by atoms with Gasteiger partial charge in [0.1, 0.15) is 11.5 Å². The highest BCUT2D eigenvalue weighted by Crippen LogP contribution is 2.61. The van der Waals surface area contributed by atoms with Gasteiger partial charge in [0.25, 0.3) is 0 Å². The number of hydrogen-bond acceptors (Lipinski definition) is 6. The Bertz CT molecular complexity index is 820. The maximum absolute atomic E-state index is 5.74. The molecule has 0 saturated heterocycles. The first kappa shape index (κ1) is 21.9. The molecule has 0 unspecified atom stereocenters. The van der Waals surface area contributed by atoms with E-state index in [2.05, 4.69) is 13.8 Å². The standard InChI is InChI=1S/C24H32O6/c1-13-14(2)24(16-10-20(28-6)22(30-8)12-18(16)26-4)23(13)15-9-19(27-5)21(29-7)11-17(15)25-3/h9-14,23-24H,1-8H3/t13-,14+,23-,24+. The summed E-state index contributed by atoms with van der Waals surface area (Å²) in [6.45, 7) is 4.55. The fraction of sp³-hybridized carbons (Fsp3) is 0.500. The average Bonchev–Trinajstić information content (AvgIpc) is 2.79. The van der Waals surface area contributed by atoms with Gasteiger partial charge in [-0.3, -0.25) is 0 Å². The third-order valence-electron chi connectivity index (χ3n) is 6.54. The van der Waals surface area contributed by atoms with Crippen molar-refractivity contribution < 1.29 is 28.4 Å². The second kappa shape index (κ2) is 8.94. The van der Waals surface area contributed by atoms with Gasteiger partial charge in [0.05, 0.1) is 42.7 Å². The van der Waals surface area contributed by atoms with Crippen LogP contribution in [-0.2, 0) is 0 Å². The third kappa shape index (κ3) is 3.48. The van der Waals surface area contributed by atoms with Crippen LogP contribution in [0.5, 0.6) is 34.5 Å². The first-order valence-electron chi connectivity index (χ1n) is 10.0. The Labute approximate surface area is 179 Å². The van der Waals surface area contributed by atoms with Gasteiger partial charge >= 0.3 is 0 Å². The molecule has 30 heavy (non-hydrogen) atoms. The van der Waals surface area contributed by atoms with E-state index in [1.807, 2.05) is 24.3 Å². The summed E-state index contributed by atoms with van der Waals surface area (Å²) in [5, 5.41) is 0. The summed E-state index contributed by atoms with van der Waals surface area (Å²) in [5.74, 6) is 5.61. The molecule has 3 rings (SSSR count). The number of benzene rings is 2. The smallest absolute Gasteiger partial charge is 0.164 e. The van der Waals surface area contributed by atoms with Gasteiger partial charge in [0.15, 0.2) is 23.0 Å². The quantitative estimate of drug-likeness (QED) is 0.611. The van der Waals surface area contributed by atoms with Crippen LogP contribution in [0, 0.1) is 11.8 Å². The molecule has 6 nitrogen and oxygen atoms in total. The Morgan fingerprint density at radius 1 is 0.433 bits per heavy atom. The van der Waals surface area contributed by atoms with E-state index in [-0.39, 0.29) is 11.8 Å². The largest absolute Gasteiger partial charge is 0.496 e. The predicted molar refractivity (Wildman–Crippen MR) is 116 cm³/mol. The van der Waals surface area contributed by atoms with Gasteiger partial charge in [-0.05, 0) is 35.8 Å². The summed E-state index contributed by atoms with van der Waals surface area (Å²) < 4.78 is 33.5. The second-order valence-corrected chi connectivity index (χ2v) is 7.67. The van der Waals surface area contributed by atoms with Gasteiger partial charge in [-0.2, -0.15) is 0 Å². The van der Waals surface area contributed by atoms with E-state index >= 15 is 0 Å². The molecule has 2 aromatic rings. The second-order valence-electron chi connectivity index (χ2n) is 7.67. The fourth-order valence-electron chi connectivity index (χ4n) is 4.74. The summed E-state index contributed by atoms with van der Waals surface area (Å²) >= 11 is 0. The van der Waals surface area contributed by atoms with Crippen molar-refractivity contribution >= 4 is 0 Å². The molecule has 0 aliphatic heterocycles. The van der Waals surface area contributed by atoms with Crippen LogP contribution in [0.3, 0.4) is 0 Å². The third-order valence-corrected chi connectivity index (χ3v) is 6.54. The highest BCUT2D eigenvalue weighted by Gasteiger charge is 2.49. The summed E-state index contributed by atoms with van der Waals surface area (Å²) in [6, 6.07) is 7.86. The normalized spacial score (nSPS) is 22.7. The Hall–Kier alpha value is -2.76. The van der Waals surface area contributed by atoms with Gasteiger partial charge in [0.2, 0.25) is 0 Å². The zero-order valence-electron chi connectivity index (χ0n) is 19.1. The molecule has 2 aromatic carbocycles. The SMILES string of the molecule is COc1cc(OC)c([C@@H]2[C@@H](C)[C@@H](C)[C@@H]2c2cc(OC)c(OC)cc2OC)cc1OC. The first-order valence-corrected chi connectivity index (χ1v) is 10.0. The Morgan fingerprint density at radius 3 is 0.967 bits per heavy atom. The van der Waals surface area contributed by atoms with Crippen LogP contribution >= 0.6 is 0 Å². The van der Waals surface area contributed by atoms with Crippen LogP contribution in [0.2, 0.25) is 0 Å². The van der Waals surface area contributed by atoms with Crippen molar-refractivity contribution in [2.75, 3.05) is 42.7 Å². The van der Waals surface area contributed by atoms with Crippen molar-refractivity contribution in [1.29, 1.82) is 0 Å². The molecule has 164 valence electrons. The summed E-state index contributed by atoms with van der Waals surface area (Å²) in [4.78, 5) is 0. The molecule has 1 aliphatic carbocycles. The molecule has 0 aromatic heterocycles. The number of methoxy groups -OCH3 is 6. The van der Waals surface area contributed by atoms with Crippen LogP contribution < -0.4 is 28.4 Å². The topological polar surface area (TPSA) is 55.4 Å². The van der Waals surface area contributed by atoms with E-state index in [1.54, 1.807) is 42.7 Å². The van der Waals surface area contributed by atoms with E-state index in [1.165, 1.54) is 0 Å². The Kier molecular flexibility index (Phi) is 6.54. The van der Waals surface area contributed by atoms with Gasteiger partial charge in [-0.25, -0.2) is 0 Å². The van der Waals surface area contributed by atoms with Crippen LogP contribution in [0.15, 0.2) is 24.3 Å². The molecule has 0 heterocycles. The molecule has 1 aliphatic rings. The molecule has 0 spiro atoms. The fourth-order valence-corrected chi connectivity index (χ4v) is 4.74. The van der Waals surface area contributed by atoms with E-state index < -0.39 is 0 Å². The summed E-state index contributed by atoms with van der Waals surface area (Å²) in [7, 11) is 9.92. The molecule has 1 saturated carbocycles. The lowest BCUT2D eigenvalue weighted by molar-refractivity contribution is 0.117. The van der Waals surface area contributed by atoms with Crippen molar-refractivity contribution in [1.82, 2.24) is 0 Å². The Balaban J connectivity index is 2.14. The molecule has 1 fully saturated rings. The van der Waals surface area contributed by atoms with Crippen molar-refractivity contribution in [3.8, 4) is 34.5 Å². The van der Waals surface area contributed by atoms with E-state index in [4.69, 9.17) is 28.4 Å². The van der Waals surface area contributed by atoms with Gasteiger partial charge in [0, 0.05) is 23.3 Å². The minimum absolute atomic E-state index is 0.224. The van der Waals surface area contributed by atoms with Crippen molar-refractivity contribution in [2.45, 2.75) is 25.7 Å². The predicted octanol–water partition coefficient (Wildman–Crippen LogP) is 4.89. The molecule has 0 amide bonds. The molecular formula is C24H32O6. The maximum atomic E-state index is 5.74. The Morgan fingerprint density at radius 2 is 0.700 bits per heavy atom. The van der Waals surface area contributed by atoms with Crippen molar-refractivity contribution in [3.63, 3.8) is 0 Å².